The Hall–Kier alpha value is -5.44. The molecule has 5 aromatic rings. The maximum Gasteiger partial charge on any atom is 0.408 e. The Kier molecular flexibility index (Phi) is 12.7. The molecule has 0 saturated carbocycles. The smallest absolute Gasteiger partial charge is 0.408 e. The van der Waals surface area contributed by atoms with Crippen molar-refractivity contribution in [1.82, 2.24) is 20.4 Å². The number of hydrogen-bond donors (Lipinski definition) is 2. The van der Waals surface area contributed by atoms with Gasteiger partial charge in [-0.2, -0.15) is 0 Å². The summed E-state index contributed by atoms with van der Waals surface area (Å²) >= 11 is 0. The van der Waals surface area contributed by atoms with Crippen LogP contribution in [0.2, 0.25) is 0 Å². The molecule has 5 aromatic carbocycles. The normalized spacial score (nSPS) is 15.9. The molecule has 8 nitrogen and oxygen atoms in total. The van der Waals surface area contributed by atoms with E-state index < -0.39 is 0 Å². The first-order valence-corrected chi connectivity index (χ1v) is 19.2. The number of carbonyl (C=O) groups is 2. The van der Waals surface area contributed by atoms with Crippen LogP contribution < -0.4 is 10.6 Å². The molecule has 2 fully saturated rings. The third-order valence-electron chi connectivity index (χ3n) is 10.5. The van der Waals surface area contributed by atoms with Gasteiger partial charge in [0.2, 0.25) is 0 Å². The fourth-order valence-electron chi connectivity index (χ4n) is 7.54. The first-order chi connectivity index (χ1) is 26.6. The maximum absolute atomic E-state index is 13.0. The van der Waals surface area contributed by atoms with E-state index in [2.05, 4.69) is 44.7 Å². The summed E-state index contributed by atoms with van der Waals surface area (Å²) in [5.41, 5.74) is 6.66. The van der Waals surface area contributed by atoms with Gasteiger partial charge < -0.3 is 20.1 Å². The van der Waals surface area contributed by atoms with E-state index in [0.29, 0.717) is 0 Å². The van der Waals surface area contributed by atoms with Crippen LogP contribution in [0.15, 0.2) is 146 Å². The largest absolute Gasteiger partial charge is 0.446 e. The van der Waals surface area contributed by atoms with Gasteiger partial charge in [-0.3, -0.25) is 9.80 Å². The summed E-state index contributed by atoms with van der Waals surface area (Å²) < 4.78 is 11.8. The standard InChI is InChI=1S/C46H50N4O4/c51-45(47-43(37-13-5-1-6-14-37)38-15-7-2-8-16-38)53-41-25-29-49(30-26-41)33-35-21-23-36(24-22-35)34-50-31-27-42(28-32-50)54-46(52)48-44(39-17-9-3-10-18-39)40-19-11-4-12-20-40/h1-24,41-44H,25-34H2,(H,47,51)(H,48,52). The molecular weight excluding hydrogens is 673 g/mol. The summed E-state index contributed by atoms with van der Waals surface area (Å²) in [6.07, 6.45) is 2.31. The molecule has 2 amide bonds. The number of ether oxygens (including phenoxy) is 2. The number of alkyl carbamates (subject to hydrolysis) is 2. The van der Waals surface area contributed by atoms with Crippen molar-refractivity contribution < 1.29 is 19.1 Å². The van der Waals surface area contributed by atoms with E-state index in [0.717, 1.165) is 87.2 Å². The van der Waals surface area contributed by atoms with E-state index in [4.69, 9.17) is 9.47 Å². The highest BCUT2D eigenvalue weighted by atomic mass is 16.6. The number of amides is 2. The SMILES string of the molecule is O=C(NC(c1ccccc1)c1ccccc1)OC1CCN(Cc2ccc(CN3CCC(OC(=O)NC(c4ccccc4)c4ccccc4)CC3)cc2)CC1. The van der Waals surface area contributed by atoms with Crippen LogP contribution in [0, 0.1) is 0 Å². The molecule has 54 heavy (non-hydrogen) atoms. The molecule has 0 aromatic heterocycles. The molecule has 7 rings (SSSR count). The molecule has 0 aliphatic carbocycles. The van der Waals surface area contributed by atoms with Crippen molar-refractivity contribution >= 4 is 12.2 Å². The fraction of sp³-hybridized carbons (Fsp3) is 0.304. The minimum absolute atomic E-state index is 0.0970. The monoisotopic (exact) mass is 722 g/mol. The van der Waals surface area contributed by atoms with E-state index in [9.17, 15) is 9.59 Å². The van der Waals surface area contributed by atoms with E-state index in [1.165, 1.54) is 11.1 Å². The van der Waals surface area contributed by atoms with Gasteiger partial charge in [0.1, 0.15) is 12.2 Å². The average molecular weight is 723 g/mol. The summed E-state index contributed by atoms with van der Waals surface area (Å²) in [5.74, 6) is 0. The second kappa shape index (κ2) is 18.5. The summed E-state index contributed by atoms with van der Waals surface area (Å²) in [6, 6.07) is 48.4. The molecule has 2 saturated heterocycles. The number of piperidine rings is 2. The molecule has 0 bridgehead atoms. The van der Waals surface area contributed by atoms with Crippen LogP contribution in [-0.4, -0.2) is 60.4 Å². The van der Waals surface area contributed by atoms with Gasteiger partial charge in [0.05, 0.1) is 12.1 Å². The number of hydrogen-bond acceptors (Lipinski definition) is 6. The van der Waals surface area contributed by atoms with Crippen LogP contribution in [-0.2, 0) is 22.6 Å². The molecule has 8 heteroatoms. The fourth-order valence-corrected chi connectivity index (χ4v) is 7.54. The third kappa shape index (κ3) is 10.4. The van der Waals surface area contributed by atoms with E-state index in [1.807, 2.05) is 121 Å². The lowest BCUT2D eigenvalue weighted by Crippen LogP contribution is -2.40. The zero-order valence-electron chi connectivity index (χ0n) is 30.8. The van der Waals surface area contributed by atoms with Crippen LogP contribution in [0.4, 0.5) is 9.59 Å². The Morgan fingerprint density at radius 3 is 1.02 bits per heavy atom. The zero-order chi connectivity index (χ0) is 37.0. The van der Waals surface area contributed by atoms with E-state index in [-0.39, 0.29) is 36.5 Å². The quantitative estimate of drug-likeness (QED) is 0.134. The molecular formula is C46H50N4O4. The van der Waals surface area contributed by atoms with Gasteiger partial charge in [-0.25, -0.2) is 9.59 Å². The predicted molar refractivity (Wildman–Crippen MR) is 212 cm³/mol. The lowest BCUT2D eigenvalue weighted by Gasteiger charge is -2.32. The molecule has 2 N–H and O–H groups in total. The lowest BCUT2D eigenvalue weighted by molar-refractivity contribution is 0.0469. The highest BCUT2D eigenvalue weighted by Crippen LogP contribution is 2.25. The number of nitrogens with one attached hydrogen (secondary N) is 2. The lowest BCUT2D eigenvalue weighted by atomic mass is 9.99. The molecule has 0 radical (unpaired) electrons. The van der Waals surface area contributed by atoms with Gasteiger partial charge in [-0.15, -0.1) is 0 Å². The summed E-state index contributed by atoms with van der Waals surface area (Å²) in [4.78, 5) is 30.9. The molecule has 2 aliphatic heterocycles. The van der Waals surface area contributed by atoms with Crippen molar-refractivity contribution in [3.8, 4) is 0 Å². The van der Waals surface area contributed by atoms with E-state index >= 15 is 0 Å². The van der Waals surface area contributed by atoms with Gasteiger partial charge in [-0.1, -0.05) is 146 Å². The average Bonchev–Trinajstić information content (AvgIpc) is 3.22. The second-order valence-electron chi connectivity index (χ2n) is 14.4. The van der Waals surface area contributed by atoms with Gasteiger partial charge in [-0.05, 0) is 59.1 Å². The Bertz CT molecular complexity index is 1660. The van der Waals surface area contributed by atoms with Crippen molar-refractivity contribution in [1.29, 1.82) is 0 Å². The number of benzene rings is 5. The van der Waals surface area contributed by atoms with Crippen LogP contribution in [0.1, 0.15) is 71.1 Å². The highest BCUT2D eigenvalue weighted by molar-refractivity contribution is 5.69. The van der Waals surface area contributed by atoms with Gasteiger partial charge in [0, 0.05) is 39.3 Å². The summed E-state index contributed by atoms with van der Waals surface area (Å²) in [5, 5.41) is 6.22. The second-order valence-corrected chi connectivity index (χ2v) is 14.4. The van der Waals surface area contributed by atoms with Crippen molar-refractivity contribution in [2.45, 2.75) is 63.1 Å². The van der Waals surface area contributed by atoms with Crippen LogP contribution in [0.3, 0.4) is 0 Å². The first-order valence-electron chi connectivity index (χ1n) is 19.2. The van der Waals surface area contributed by atoms with Crippen LogP contribution >= 0.6 is 0 Å². The van der Waals surface area contributed by atoms with Crippen LogP contribution in [0.25, 0.3) is 0 Å². The van der Waals surface area contributed by atoms with Crippen molar-refractivity contribution in [2.75, 3.05) is 26.2 Å². The van der Waals surface area contributed by atoms with Gasteiger partial charge >= 0.3 is 12.2 Å². The number of likely N-dealkylation sites (tertiary alicyclic amines) is 2. The summed E-state index contributed by atoms with van der Waals surface area (Å²) in [6.45, 7) is 5.29. The Labute approximate surface area is 319 Å². The van der Waals surface area contributed by atoms with Crippen molar-refractivity contribution in [2.24, 2.45) is 0 Å². The summed E-state index contributed by atoms with van der Waals surface area (Å²) in [7, 11) is 0. The molecule has 2 heterocycles. The molecule has 278 valence electrons. The molecule has 2 aliphatic rings. The van der Waals surface area contributed by atoms with Crippen molar-refractivity contribution in [3.63, 3.8) is 0 Å². The number of carbonyl (C=O) groups excluding carboxylic acids is 2. The molecule has 0 unspecified atom stereocenters. The molecule has 0 atom stereocenters. The Morgan fingerprint density at radius 2 is 0.741 bits per heavy atom. The first kappa shape index (κ1) is 36.9. The topological polar surface area (TPSA) is 83.1 Å². The third-order valence-corrected chi connectivity index (χ3v) is 10.5. The highest BCUT2D eigenvalue weighted by Gasteiger charge is 2.26. The van der Waals surface area contributed by atoms with Crippen molar-refractivity contribution in [3.05, 3.63) is 179 Å². The maximum atomic E-state index is 13.0. The van der Waals surface area contributed by atoms with Gasteiger partial charge in [0.25, 0.3) is 0 Å². The number of nitrogens with zero attached hydrogens (tertiary/aromatic N) is 2. The predicted octanol–water partition coefficient (Wildman–Crippen LogP) is 8.65. The molecule has 0 spiro atoms. The van der Waals surface area contributed by atoms with Gasteiger partial charge in [0.15, 0.2) is 0 Å². The zero-order valence-corrected chi connectivity index (χ0v) is 30.8. The minimum atomic E-state index is -0.375. The Morgan fingerprint density at radius 1 is 0.463 bits per heavy atom. The minimum Gasteiger partial charge on any atom is -0.446 e. The number of rotatable bonds is 12. The van der Waals surface area contributed by atoms with E-state index in [1.54, 1.807) is 0 Å². The Balaban J connectivity index is 0.816. The van der Waals surface area contributed by atoms with Crippen LogP contribution in [0.5, 0.6) is 0 Å².